The van der Waals surface area contributed by atoms with Crippen LogP contribution in [0.4, 0.5) is 22.0 Å². The molecule has 2 N–H and O–H groups in total. The largest absolute Gasteiger partial charge is 0.487 e. The molecule has 1 aromatic carbocycles. The van der Waals surface area contributed by atoms with E-state index in [0.29, 0.717) is 6.42 Å². The summed E-state index contributed by atoms with van der Waals surface area (Å²) in [7, 11) is 0. The lowest BCUT2D eigenvalue weighted by Crippen LogP contribution is -2.37. The summed E-state index contributed by atoms with van der Waals surface area (Å²) in [6.07, 6.45) is 0.638. The van der Waals surface area contributed by atoms with E-state index < -0.39 is 40.4 Å². The van der Waals surface area contributed by atoms with E-state index >= 15 is 0 Å². The molecule has 0 aliphatic heterocycles. The van der Waals surface area contributed by atoms with Gasteiger partial charge in [0.1, 0.15) is 5.54 Å². The van der Waals surface area contributed by atoms with Crippen LogP contribution in [0.5, 0.6) is 5.75 Å². The van der Waals surface area contributed by atoms with Crippen molar-refractivity contribution in [2.45, 2.75) is 31.7 Å². The maximum atomic E-state index is 13.3. The molecule has 0 aromatic heterocycles. The zero-order chi connectivity index (χ0) is 16.2. The average molecular weight is 308 g/mol. The van der Waals surface area contributed by atoms with Gasteiger partial charge in [0.15, 0.2) is 5.75 Å². The zero-order valence-corrected chi connectivity index (χ0v) is 11.2. The number of benzene rings is 1. The Morgan fingerprint density at radius 2 is 1.52 bits per heavy atom. The van der Waals surface area contributed by atoms with Crippen LogP contribution in [0.1, 0.15) is 26.2 Å². The summed E-state index contributed by atoms with van der Waals surface area (Å²) in [5, 5.41) is 8.82. The highest BCUT2D eigenvalue weighted by atomic mass is 19.2. The van der Waals surface area contributed by atoms with E-state index in [1.165, 1.54) is 0 Å². The zero-order valence-electron chi connectivity index (χ0n) is 11.2. The van der Waals surface area contributed by atoms with Gasteiger partial charge in [0.05, 0.1) is 12.7 Å². The molecule has 1 atom stereocenters. The number of nitrogens with zero attached hydrogens (tertiary/aromatic N) is 1. The maximum Gasteiger partial charge on any atom is 0.206 e. The van der Waals surface area contributed by atoms with Crippen LogP contribution in [0.2, 0.25) is 0 Å². The van der Waals surface area contributed by atoms with E-state index in [4.69, 9.17) is 11.0 Å². The molecule has 0 amide bonds. The number of hydrogen-bond acceptors (Lipinski definition) is 3. The van der Waals surface area contributed by atoms with Crippen molar-refractivity contribution in [3.8, 4) is 11.8 Å². The monoisotopic (exact) mass is 308 g/mol. The van der Waals surface area contributed by atoms with Crippen LogP contribution in [0, 0.1) is 40.4 Å². The van der Waals surface area contributed by atoms with Crippen molar-refractivity contribution in [2.24, 2.45) is 5.73 Å². The van der Waals surface area contributed by atoms with E-state index in [1.807, 2.05) is 6.07 Å². The van der Waals surface area contributed by atoms with Crippen molar-refractivity contribution < 1.29 is 26.7 Å². The van der Waals surface area contributed by atoms with E-state index in [1.54, 1.807) is 6.92 Å². The molecule has 8 heteroatoms. The number of hydrogen-bond donors (Lipinski definition) is 1. The Balaban J connectivity index is 2.76. The second kappa shape index (κ2) is 6.72. The maximum absolute atomic E-state index is 13.3. The number of nitriles is 1. The summed E-state index contributed by atoms with van der Waals surface area (Å²) in [4.78, 5) is 0. The molecule has 3 nitrogen and oxygen atoms in total. The molecule has 0 saturated carbocycles. The summed E-state index contributed by atoms with van der Waals surface area (Å²) < 4.78 is 69.8. The minimum atomic E-state index is -2.24. The second-order valence-corrected chi connectivity index (χ2v) is 4.47. The third-order valence-corrected chi connectivity index (χ3v) is 3.04. The second-order valence-electron chi connectivity index (χ2n) is 4.47. The van der Waals surface area contributed by atoms with Gasteiger partial charge in [-0.1, -0.05) is 6.92 Å². The minimum Gasteiger partial charge on any atom is -0.487 e. The normalized spacial score (nSPS) is 13.6. The smallest absolute Gasteiger partial charge is 0.206 e. The lowest BCUT2D eigenvalue weighted by atomic mass is 9.94. The van der Waals surface area contributed by atoms with Gasteiger partial charge in [0.25, 0.3) is 0 Å². The van der Waals surface area contributed by atoms with Crippen LogP contribution in [0.3, 0.4) is 0 Å². The van der Waals surface area contributed by atoms with Crippen LogP contribution in [-0.4, -0.2) is 12.1 Å². The average Bonchev–Trinajstić information content (AvgIpc) is 2.50. The van der Waals surface area contributed by atoms with Gasteiger partial charge in [-0.2, -0.15) is 14.0 Å². The van der Waals surface area contributed by atoms with Crippen molar-refractivity contribution in [2.75, 3.05) is 6.61 Å². The van der Waals surface area contributed by atoms with Gasteiger partial charge < -0.3 is 10.5 Å². The van der Waals surface area contributed by atoms with Gasteiger partial charge in [0.2, 0.25) is 29.1 Å². The Kier molecular flexibility index (Phi) is 5.49. The van der Waals surface area contributed by atoms with Crippen LogP contribution in [0.25, 0.3) is 0 Å². The lowest BCUT2D eigenvalue weighted by Gasteiger charge is -2.19. The van der Waals surface area contributed by atoms with Crippen LogP contribution >= 0.6 is 0 Å². The van der Waals surface area contributed by atoms with Crippen molar-refractivity contribution in [3.63, 3.8) is 0 Å². The first-order valence-electron chi connectivity index (χ1n) is 6.11. The molecule has 0 bridgehead atoms. The number of ether oxygens (including phenoxy) is 1. The standard InChI is InChI=1S/C13H13F5N2O/c1-2-13(20,6-19)4-3-5-21-12-10(17)8(15)7(14)9(16)11(12)18/h2-5,20H2,1H3. The third-order valence-electron chi connectivity index (χ3n) is 3.04. The van der Waals surface area contributed by atoms with E-state index in [9.17, 15) is 22.0 Å². The van der Waals surface area contributed by atoms with Crippen molar-refractivity contribution in [3.05, 3.63) is 29.1 Å². The molecule has 0 spiro atoms. The highest BCUT2D eigenvalue weighted by molar-refractivity contribution is 5.29. The Bertz CT molecular complexity index is 544. The Morgan fingerprint density at radius 1 is 1.05 bits per heavy atom. The molecule has 116 valence electrons. The first-order valence-corrected chi connectivity index (χ1v) is 6.11. The van der Waals surface area contributed by atoms with Gasteiger partial charge in [-0.15, -0.1) is 0 Å². The van der Waals surface area contributed by atoms with Gasteiger partial charge in [-0.25, -0.2) is 13.2 Å². The van der Waals surface area contributed by atoms with Gasteiger partial charge >= 0.3 is 0 Å². The highest BCUT2D eigenvalue weighted by Crippen LogP contribution is 2.29. The predicted molar refractivity (Wildman–Crippen MR) is 63.8 cm³/mol. The topological polar surface area (TPSA) is 59.0 Å². The third kappa shape index (κ3) is 3.61. The molecule has 0 radical (unpaired) electrons. The quantitative estimate of drug-likeness (QED) is 0.380. The van der Waals surface area contributed by atoms with E-state index in [2.05, 4.69) is 4.74 Å². The molecule has 0 saturated heterocycles. The number of nitrogens with two attached hydrogens (primary N) is 1. The Labute approximate surface area is 118 Å². The fourth-order valence-electron chi connectivity index (χ4n) is 1.59. The van der Waals surface area contributed by atoms with E-state index in [0.717, 1.165) is 0 Å². The van der Waals surface area contributed by atoms with Crippen LogP contribution < -0.4 is 10.5 Å². The molecule has 0 heterocycles. The number of halogens is 5. The van der Waals surface area contributed by atoms with Gasteiger partial charge in [0, 0.05) is 0 Å². The lowest BCUT2D eigenvalue weighted by molar-refractivity contribution is 0.249. The summed E-state index contributed by atoms with van der Waals surface area (Å²) in [6, 6.07) is 1.88. The first-order chi connectivity index (χ1) is 9.77. The van der Waals surface area contributed by atoms with Gasteiger partial charge in [-0.3, -0.25) is 0 Å². The first kappa shape index (κ1) is 17.2. The fraction of sp³-hybridized carbons (Fsp3) is 0.462. The molecule has 1 aromatic rings. The van der Waals surface area contributed by atoms with Gasteiger partial charge in [-0.05, 0) is 19.3 Å². The summed E-state index contributed by atoms with van der Waals surface area (Å²) in [5.41, 5.74) is 4.56. The molecule has 21 heavy (non-hydrogen) atoms. The SMILES string of the molecule is CCC(N)(C#N)CCCOc1c(F)c(F)c(F)c(F)c1F. The molecule has 1 unspecified atom stereocenters. The summed E-state index contributed by atoms with van der Waals surface area (Å²) in [5.74, 6) is -11.8. The molecule has 0 aliphatic carbocycles. The van der Waals surface area contributed by atoms with E-state index in [-0.39, 0.29) is 19.4 Å². The molecule has 0 aliphatic rings. The summed E-state index contributed by atoms with van der Waals surface area (Å²) in [6.45, 7) is 1.35. The Hall–Kier alpha value is -1.88. The predicted octanol–water partition coefficient (Wildman–Crippen LogP) is 3.17. The van der Waals surface area contributed by atoms with Crippen molar-refractivity contribution in [1.82, 2.24) is 0 Å². The molecule has 0 fully saturated rings. The van der Waals surface area contributed by atoms with Crippen molar-refractivity contribution in [1.29, 1.82) is 5.26 Å². The molecular formula is C13H13F5N2O. The van der Waals surface area contributed by atoms with Crippen molar-refractivity contribution >= 4 is 0 Å². The molecule has 1 rings (SSSR count). The van der Waals surface area contributed by atoms with Crippen LogP contribution in [-0.2, 0) is 0 Å². The number of rotatable bonds is 6. The highest BCUT2D eigenvalue weighted by Gasteiger charge is 2.27. The minimum absolute atomic E-state index is 0.122. The fourth-order valence-corrected chi connectivity index (χ4v) is 1.59. The summed E-state index contributed by atoms with van der Waals surface area (Å²) >= 11 is 0. The molecular weight excluding hydrogens is 295 g/mol. The Morgan fingerprint density at radius 3 is 1.95 bits per heavy atom. The van der Waals surface area contributed by atoms with Crippen LogP contribution in [0.15, 0.2) is 0 Å².